The number of rotatable bonds is 15. The number of aryl methyl sites for hydroxylation is 4. The molecule has 2 aromatic rings. The first-order chi connectivity index (χ1) is 19.7. The third kappa shape index (κ3) is 9.40. The number of para-hydroxylation sites is 2. The normalized spacial score (nSPS) is 16.0. The third-order valence-corrected chi connectivity index (χ3v) is 9.15. The number of benzene rings is 2. The van der Waals surface area contributed by atoms with E-state index in [1.807, 2.05) is 38.1 Å². The van der Waals surface area contributed by atoms with Gasteiger partial charge in [0.1, 0.15) is 5.75 Å². The predicted molar refractivity (Wildman–Crippen MR) is 169 cm³/mol. The van der Waals surface area contributed by atoms with Gasteiger partial charge in [0, 0.05) is 5.69 Å². The summed E-state index contributed by atoms with van der Waals surface area (Å²) in [5, 5.41) is 3.24. The summed E-state index contributed by atoms with van der Waals surface area (Å²) in [6.07, 6.45) is 9.00. The quantitative estimate of drug-likeness (QED) is 0.108. The molecule has 1 N–H and O–H groups in total. The lowest BCUT2D eigenvalue weighted by Crippen LogP contribution is -2.52. The van der Waals surface area contributed by atoms with Gasteiger partial charge in [0.2, 0.25) is 5.91 Å². The van der Waals surface area contributed by atoms with Crippen LogP contribution < -0.4 is 10.1 Å². The van der Waals surface area contributed by atoms with E-state index in [4.69, 9.17) is 4.74 Å². The number of piperidine rings is 1. The Morgan fingerprint density at radius 3 is 2.07 bits per heavy atom. The number of likely N-dealkylation sites (N-methyl/N-ethyl adjacent to an activating group) is 1. The monoisotopic (exact) mass is 564 g/mol. The van der Waals surface area contributed by atoms with Crippen molar-refractivity contribution in [1.29, 1.82) is 0 Å². The molecule has 2 aromatic carbocycles. The van der Waals surface area contributed by atoms with E-state index in [9.17, 15) is 9.59 Å². The highest BCUT2D eigenvalue weighted by atomic mass is 16.5. The second-order valence-electron chi connectivity index (χ2n) is 12.1. The number of quaternary nitrogens is 1. The van der Waals surface area contributed by atoms with Crippen LogP contribution in [-0.2, 0) is 9.59 Å². The van der Waals surface area contributed by atoms with E-state index in [0.717, 1.165) is 90.8 Å². The van der Waals surface area contributed by atoms with Gasteiger partial charge in [0.25, 0.3) is 0 Å². The van der Waals surface area contributed by atoms with Gasteiger partial charge in [-0.2, -0.15) is 0 Å². The van der Waals surface area contributed by atoms with Crippen molar-refractivity contribution in [3.63, 3.8) is 0 Å². The van der Waals surface area contributed by atoms with Crippen LogP contribution in [0, 0.1) is 27.7 Å². The number of hydrogen-bond donors (Lipinski definition) is 1. The molecule has 41 heavy (non-hydrogen) atoms. The van der Waals surface area contributed by atoms with Crippen molar-refractivity contribution in [2.24, 2.45) is 0 Å². The summed E-state index contributed by atoms with van der Waals surface area (Å²) in [5.41, 5.74) is 5.21. The fraction of sp³-hybridized carbons (Fsp3) is 0.600. The molecule has 1 atom stereocenters. The number of nitrogens with zero attached hydrogens (tertiary/aromatic N) is 2. The Morgan fingerprint density at radius 1 is 0.854 bits per heavy atom. The Kier molecular flexibility index (Phi) is 12.9. The number of amides is 1. The molecule has 0 aromatic heterocycles. The average Bonchev–Trinajstić information content (AvgIpc) is 2.96. The summed E-state index contributed by atoms with van der Waals surface area (Å²) >= 11 is 0. The molecule has 3 rings (SSSR count). The molecule has 1 heterocycles. The number of likely N-dealkylation sites (tertiary alicyclic amines) is 1. The van der Waals surface area contributed by atoms with Gasteiger partial charge in [-0.05, 0) is 109 Å². The molecule has 0 aliphatic carbocycles. The smallest absolute Gasteiger partial charge is 0.367 e. The lowest BCUT2D eigenvalue weighted by Gasteiger charge is -2.36. The maximum Gasteiger partial charge on any atom is 0.367 e. The molecule has 1 amide bonds. The van der Waals surface area contributed by atoms with Gasteiger partial charge in [-0.3, -0.25) is 9.69 Å². The van der Waals surface area contributed by atoms with Crippen LogP contribution >= 0.6 is 0 Å². The van der Waals surface area contributed by atoms with Crippen molar-refractivity contribution in [1.82, 2.24) is 4.90 Å². The summed E-state index contributed by atoms with van der Waals surface area (Å²) in [5.74, 6) is 0.719. The topological polar surface area (TPSA) is 58.6 Å². The van der Waals surface area contributed by atoms with Crippen molar-refractivity contribution >= 4 is 17.6 Å². The highest BCUT2D eigenvalue weighted by Gasteiger charge is 2.30. The Bertz CT molecular complexity index is 1100. The maximum atomic E-state index is 13.2. The highest BCUT2D eigenvalue weighted by molar-refractivity contribution is 5.96. The van der Waals surface area contributed by atoms with Crippen LogP contribution in [0.1, 0.15) is 87.5 Å². The van der Waals surface area contributed by atoms with Gasteiger partial charge in [0.05, 0.1) is 25.7 Å². The van der Waals surface area contributed by atoms with Gasteiger partial charge in [-0.1, -0.05) is 55.7 Å². The van der Waals surface area contributed by atoms with E-state index in [0.29, 0.717) is 12.3 Å². The van der Waals surface area contributed by atoms with Crippen LogP contribution in [0.2, 0.25) is 0 Å². The second-order valence-corrected chi connectivity index (χ2v) is 12.1. The van der Waals surface area contributed by atoms with Crippen molar-refractivity contribution in [2.75, 3.05) is 44.6 Å². The summed E-state index contributed by atoms with van der Waals surface area (Å²) in [6.45, 7) is 17.7. The van der Waals surface area contributed by atoms with Crippen LogP contribution in [-0.4, -0.2) is 66.6 Å². The number of ether oxygens (including phenoxy) is 1. The zero-order valence-corrected chi connectivity index (χ0v) is 26.6. The molecular weight excluding hydrogens is 510 g/mol. The number of hydrogen-bond acceptors (Lipinski definition) is 4. The van der Waals surface area contributed by atoms with Gasteiger partial charge in [-0.15, -0.1) is 0 Å². The zero-order chi connectivity index (χ0) is 29.8. The fourth-order valence-electron chi connectivity index (χ4n) is 6.29. The summed E-state index contributed by atoms with van der Waals surface area (Å²) in [6, 6.07) is 12.1. The van der Waals surface area contributed by atoms with E-state index in [2.05, 4.69) is 50.0 Å². The van der Waals surface area contributed by atoms with E-state index >= 15 is 0 Å². The molecule has 1 saturated heterocycles. The number of esters is 1. The van der Waals surface area contributed by atoms with Gasteiger partial charge < -0.3 is 14.5 Å². The fourth-order valence-corrected chi connectivity index (χ4v) is 6.29. The number of anilines is 1. The number of carbonyl (C=O) groups excluding carboxylic acids is 2. The Morgan fingerprint density at radius 2 is 1.44 bits per heavy atom. The third-order valence-electron chi connectivity index (χ3n) is 9.15. The van der Waals surface area contributed by atoms with Gasteiger partial charge in [0.15, 0.2) is 6.54 Å². The Balaban J connectivity index is 1.40. The zero-order valence-electron chi connectivity index (χ0n) is 26.6. The Hall–Kier alpha value is -2.70. The molecule has 0 radical (unpaired) electrons. The van der Waals surface area contributed by atoms with Crippen LogP contribution in [0.4, 0.5) is 5.69 Å². The van der Waals surface area contributed by atoms with Crippen LogP contribution in [0.3, 0.4) is 0 Å². The largest absolute Gasteiger partial charge is 0.422 e. The minimum atomic E-state index is -0.135. The van der Waals surface area contributed by atoms with Crippen molar-refractivity contribution < 1.29 is 18.8 Å². The molecule has 1 fully saturated rings. The van der Waals surface area contributed by atoms with Crippen LogP contribution in [0.25, 0.3) is 0 Å². The lowest BCUT2D eigenvalue weighted by molar-refractivity contribution is -0.918. The molecule has 0 saturated carbocycles. The van der Waals surface area contributed by atoms with Gasteiger partial charge in [-0.25, -0.2) is 4.79 Å². The van der Waals surface area contributed by atoms with Gasteiger partial charge >= 0.3 is 5.97 Å². The highest BCUT2D eigenvalue weighted by Crippen LogP contribution is 2.25. The summed E-state index contributed by atoms with van der Waals surface area (Å²) < 4.78 is 6.61. The molecule has 1 aliphatic rings. The average molecular weight is 565 g/mol. The molecule has 0 bridgehead atoms. The molecule has 6 heteroatoms. The summed E-state index contributed by atoms with van der Waals surface area (Å²) in [4.78, 5) is 28.6. The van der Waals surface area contributed by atoms with Crippen LogP contribution in [0.5, 0.6) is 5.75 Å². The van der Waals surface area contributed by atoms with Crippen molar-refractivity contribution in [2.45, 2.75) is 99.0 Å². The standard InChI is InChI=1S/C35H53N3O3/c1-7-38(8-2,26-32(39)41-34-29(5)20-17-21-30(34)6)25-15-11-9-10-13-23-37-24-14-12-22-31(37)35(40)36-33-27(3)18-16-19-28(33)4/h16-21,31H,7-15,22-26H2,1-6H3/p+1. The first-order valence-corrected chi connectivity index (χ1v) is 15.9. The molecule has 0 spiro atoms. The first kappa shape index (κ1) is 32.8. The molecule has 6 nitrogen and oxygen atoms in total. The molecule has 1 unspecified atom stereocenters. The Labute approximate surface area is 249 Å². The van der Waals surface area contributed by atoms with Crippen molar-refractivity contribution in [3.8, 4) is 5.75 Å². The SMILES string of the molecule is CC[N+](CC)(CCCCCCCN1CCCCC1C(=O)Nc1c(C)cccc1C)CC(=O)Oc1c(C)cccc1C. The van der Waals surface area contributed by atoms with E-state index in [1.54, 1.807) is 0 Å². The molecule has 1 aliphatic heterocycles. The molecular formula is C35H54N3O3+. The summed E-state index contributed by atoms with van der Waals surface area (Å²) in [7, 11) is 0. The maximum absolute atomic E-state index is 13.2. The van der Waals surface area contributed by atoms with E-state index in [-0.39, 0.29) is 17.9 Å². The van der Waals surface area contributed by atoms with Crippen molar-refractivity contribution in [3.05, 3.63) is 58.7 Å². The van der Waals surface area contributed by atoms with E-state index in [1.165, 1.54) is 25.7 Å². The number of unbranched alkanes of at least 4 members (excludes halogenated alkanes) is 4. The minimum absolute atomic E-state index is 0.0296. The first-order valence-electron chi connectivity index (χ1n) is 15.9. The molecule has 226 valence electrons. The minimum Gasteiger partial charge on any atom is -0.422 e. The predicted octanol–water partition coefficient (Wildman–Crippen LogP) is 7.13. The lowest BCUT2D eigenvalue weighted by atomic mass is 10.00. The van der Waals surface area contributed by atoms with Crippen LogP contribution in [0.15, 0.2) is 36.4 Å². The number of carbonyl (C=O) groups is 2. The number of nitrogens with one attached hydrogen (secondary N) is 1. The van der Waals surface area contributed by atoms with E-state index < -0.39 is 0 Å². The second kappa shape index (κ2) is 16.1.